The van der Waals surface area contributed by atoms with E-state index in [4.69, 9.17) is 22.1 Å². The van der Waals surface area contributed by atoms with Crippen molar-refractivity contribution in [3.63, 3.8) is 0 Å². The zero-order chi connectivity index (χ0) is 12.1. The highest BCUT2D eigenvalue weighted by Gasteiger charge is 2.15. The van der Waals surface area contributed by atoms with Crippen molar-refractivity contribution in [2.75, 3.05) is 26.2 Å². The Labute approximate surface area is 107 Å². The van der Waals surface area contributed by atoms with E-state index in [-0.39, 0.29) is 0 Å². The van der Waals surface area contributed by atoms with E-state index in [0.717, 1.165) is 36.8 Å². The Balaban J connectivity index is 1.70. The van der Waals surface area contributed by atoms with E-state index in [1.54, 1.807) is 0 Å². The number of piperidine rings is 1. The van der Waals surface area contributed by atoms with Crippen molar-refractivity contribution in [1.82, 2.24) is 4.90 Å². The highest BCUT2D eigenvalue weighted by molar-refractivity contribution is 6.30. The third-order valence-corrected chi connectivity index (χ3v) is 3.28. The minimum atomic E-state index is 0.333. The number of benzene rings is 1. The summed E-state index contributed by atoms with van der Waals surface area (Å²) in [6, 6.07) is 7.80. The molecular formula is C13H19ClN2O. The second-order valence-corrected chi connectivity index (χ2v) is 4.94. The molecule has 0 aliphatic carbocycles. The fraction of sp³-hybridized carbons (Fsp3) is 0.538. The summed E-state index contributed by atoms with van der Waals surface area (Å²) in [5.41, 5.74) is 5.93. The molecule has 1 aromatic carbocycles. The van der Waals surface area contributed by atoms with E-state index in [9.17, 15) is 0 Å². The lowest BCUT2D eigenvalue weighted by Crippen LogP contribution is -2.44. The van der Waals surface area contributed by atoms with Crippen LogP contribution in [0.1, 0.15) is 12.8 Å². The molecule has 1 aliphatic rings. The summed E-state index contributed by atoms with van der Waals surface area (Å²) < 4.78 is 5.66. The van der Waals surface area contributed by atoms with E-state index in [2.05, 4.69) is 4.90 Å². The first-order valence-electron chi connectivity index (χ1n) is 6.10. The lowest BCUT2D eigenvalue weighted by Gasteiger charge is -2.30. The van der Waals surface area contributed by atoms with Crippen LogP contribution in [0.3, 0.4) is 0 Å². The van der Waals surface area contributed by atoms with E-state index in [1.807, 2.05) is 24.3 Å². The normalized spacial score (nSPS) is 21.4. The third kappa shape index (κ3) is 4.19. The van der Waals surface area contributed by atoms with Crippen LogP contribution >= 0.6 is 11.6 Å². The molecule has 94 valence electrons. The lowest BCUT2D eigenvalue weighted by molar-refractivity contribution is 0.171. The maximum absolute atomic E-state index is 5.93. The summed E-state index contributed by atoms with van der Waals surface area (Å²) >= 11 is 5.81. The Bertz CT molecular complexity index is 342. The Morgan fingerprint density at radius 1 is 1.35 bits per heavy atom. The van der Waals surface area contributed by atoms with Gasteiger partial charge in [0.05, 0.1) is 0 Å². The maximum Gasteiger partial charge on any atom is 0.119 e. The van der Waals surface area contributed by atoms with Gasteiger partial charge in [0.15, 0.2) is 0 Å². The van der Waals surface area contributed by atoms with Crippen molar-refractivity contribution >= 4 is 11.6 Å². The highest BCUT2D eigenvalue weighted by atomic mass is 35.5. The summed E-state index contributed by atoms with van der Waals surface area (Å²) in [6.45, 7) is 3.77. The standard InChI is InChI=1S/C13H19ClN2O/c14-11-3-5-13(6-4-11)17-9-8-16-7-1-2-12(15)10-16/h3-6,12H,1-2,7-10,15H2/t12-/m1/s1. The largest absolute Gasteiger partial charge is 0.492 e. The Kier molecular flexibility index (Phi) is 4.66. The van der Waals surface area contributed by atoms with Crippen molar-refractivity contribution in [3.8, 4) is 5.75 Å². The topological polar surface area (TPSA) is 38.5 Å². The molecule has 2 N–H and O–H groups in total. The summed E-state index contributed by atoms with van der Waals surface area (Å²) in [7, 11) is 0. The number of halogens is 1. The van der Waals surface area contributed by atoms with Crippen LogP contribution in [-0.4, -0.2) is 37.2 Å². The average Bonchev–Trinajstić information content (AvgIpc) is 2.32. The van der Waals surface area contributed by atoms with E-state index in [1.165, 1.54) is 6.42 Å². The van der Waals surface area contributed by atoms with E-state index < -0.39 is 0 Å². The molecule has 1 atom stereocenters. The fourth-order valence-electron chi connectivity index (χ4n) is 2.12. The second kappa shape index (κ2) is 6.24. The van der Waals surface area contributed by atoms with Crippen LogP contribution < -0.4 is 10.5 Å². The molecule has 0 bridgehead atoms. The zero-order valence-corrected chi connectivity index (χ0v) is 10.7. The first-order valence-corrected chi connectivity index (χ1v) is 6.48. The Hall–Kier alpha value is -0.770. The van der Waals surface area contributed by atoms with Crippen LogP contribution in [0.4, 0.5) is 0 Å². The number of hydrogen-bond acceptors (Lipinski definition) is 3. The number of rotatable bonds is 4. The van der Waals surface area contributed by atoms with Crippen LogP contribution in [-0.2, 0) is 0 Å². The van der Waals surface area contributed by atoms with Crippen LogP contribution in [0, 0.1) is 0 Å². The molecule has 0 spiro atoms. The number of nitrogens with two attached hydrogens (primary N) is 1. The molecule has 1 saturated heterocycles. The molecule has 0 unspecified atom stereocenters. The summed E-state index contributed by atoms with van der Waals surface area (Å²) in [4.78, 5) is 2.37. The molecule has 2 rings (SSSR count). The lowest BCUT2D eigenvalue weighted by atomic mass is 10.1. The van der Waals surface area contributed by atoms with E-state index in [0.29, 0.717) is 12.6 Å². The fourth-order valence-corrected chi connectivity index (χ4v) is 2.24. The molecule has 1 heterocycles. The maximum atomic E-state index is 5.93. The molecule has 4 heteroatoms. The van der Waals surface area contributed by atoms with Crippen molar-refractivity contribution in [3.05, 3.63) is 29.3 Å². The predicted octanol–water partition coefficient (Wildman–Crippen LogP) is 2.14. The third-order valence-electron chi connectivity index (χ3n) is 3.03. The summed E-state index contributed by atoms with van der Waals surface area (Å²) in [5.74, 6) is 0.871. The molecule has 0 radical (unpaired) electrons. The van der Waals surface area contributed by atoms with Gasteiger partial charge in [-0.3, -0.25) is 4.90 Å². The SMILES string of the molecule is N[C@@H]1CCCN(CCOc2ccc(Cl)cc2)C1. The zero-order valence-electron chi connectivity index (χ0n) is 9.94. The minimum absolute atomic E-state index is 0.333. The van der Waals surface area contributed by atoms with Crippen molar-refractivity contribution in [2.24, 2.45) is 5.73 Å². The van der Waals surface area contributed by atoms with Gasteiger partial charge in [0.25, 0.3) is 0 Å². The van der Waals surface area contributed by atoms with E-state index >= 15 is 0 Å². The van der Waals surface area contributed by atoms with Gasteiger partial charge in [-0.2, -0.15) is 0 Å². The van der Waals surface area contributed by atoms with Gasteiger partial charge in [-0.05, 0) is 43.7 Å². The first-order chi connectivity index (χ1) is 8.24. The predicted molar refractivity (Wildman–Crippen MR) is 70.6 cm³/mol. The van der Waals surface area contributed by atoms with Crippen molar-refractivity contribution in [1.29, 1.82) is 0 Å². The second-order valence-electron chi connectivity index (χ2n) is 4.51. The quantitative estimate of drug-likeness (QED) is 0.895. The van der Waals surface area contributed by atoms with Crippen molar-refractivity contribution in [2.45, 2.75) is 18.9 Å². The van der Waals surface area contributed by atoms with Crippen molar-refractivity contribution < 1.29 is 4.74 Å². The average molecular weight is 255 g/mol. The first kappa shape index (κ1) is 12.7. The van der Waals surface area contributed by atoms with Gasteiger partial charge < -0.3 is 10.5 Å². The molecule has 0 saturated carbocycles. The summed E-state index contributed by atoms with van der Waals surface area (Å²) in [5, 5.41) is 0.736. The monoisotopic (exact) mass is 254 g/mol. The van der Waals surface area contributed by atoms with Gasteiger partial charge in [0.2, 0.25) is 0 Å². The molecule has 17 heavy (non-hydrogen) atoms. The molecule has 3 nitrogen and oxygen atoms in total. The molecule has 1 aromatic rings. The highest BCUT2D eigenvalue weighted by Crippen LogP contribution is 2.15. The molecule has 1 aliphatic heterocycles. The van der Waals surface area contributed by atoms with Gasteiger partial charge in [-0.15, -0.1) is 0 Å². The van der Waals surface area contributed by atoms with Gasteiger partial charge in [-0.25, -0.2) is 0 Å². The number of nitrogens with zero attached hydrogens (tertiary/aromatic N) is 1. The Morgan fingerprint density at radius 2 is 2.12 bits per heavy atom. The number of hydrogen-bond donors (Lipinski definition) is 1. The smallest absolute Gasteiger partial charge is 0.119 e. The molecular weight excluding hydrogens is 236 g/mol. The summed E-state index contributed by atoms with van der Waals surface area (Å²) in [6.07, 6.45) is 2.34. The van der Waals surface area contributed by atoms with Gasteiger partial charge >= 0.3 is 0 Å². The van der Waals surface area contributed by atoms with Gasteiger partial charge in [-0.1, -0.05) is 11.6 Å². The molecule has 1 fully saturated rings. The van der Waals surface area contributed by atoms with Crippen LogP contribution in [0.5, 0.6) is 5.75 Å². The molecule has 0 aromatic heterocycles. The molecule has 0 amide bonds. The minimum Gasteiger partial charge on any atom is -0.492 e. The van der Waals surface area contributed by atoms with Crippen LogP contribution in [0.2, 0.25) is 5.02 Å². The van der Waals surface area contributed by atoms with Gasteiger partial charge in [0, 0.05) is 24.2 Å². The number of ether oxygens (including phenoxy) is 1. The van der Waals surface area contributed by atoms with Gasteiger partial charge in [0.1, 0.15) is 12.4 Å². The van der Waals surface area contributed by atoms with Crippen LogP contribution in [0.25, 0.3) is 0 Å². The number of likely N-dealkylation sites (tertiary alicyclic amines) is 1. The van der Waals surface area contributed by atoms with Crippen LogP contribution in [0.15, 0.2) is 24.3 Å². The Morgan fingerprint density at radius 3 is 2.82 bits per heavy atom.